The number of amides is 1. The van der Waals surface area contributed by atoms with Crippen LogP contribution in [0.2, 0.25) is 0 Å². The molecule has 0 radical (unpaired) electrons. The Bertz CT molecular complexity index is 892. The van der Waals surface area contributed by atoms with Gasteiger partial charge in [-0.15, -0.1) is 0 Å². The molecule has 6 heteroatoms. The first kappa shape index (κ1) is 15.6. The first-order chi connectivity index (χ1) is 12.1. The first-order valence-corrected chi connectivity index (χ1v) is 8.59. The van der Waals surface area contributed by atoms with Crippen molar-refractivity contribution in [2.45, 2.75) is 32.7 Å². The number of rotatable bonds is 5. The lowest BCUT2D eigenvalue weighted by Crippen LogP contribution is -2.20. The number of hydrogen-bond acceptors (Lipinski definition) is 3. The zero-order valence-corrected chi connectivity index (χ0v) is 14.4. The van der Waals surface area contributed by atoms with Gasteiger partial charge < -0.3 is 5.32 Å². The molecule has 1 N–H and O–H groups in total. The summed E-state index contributed by atoms with van der Waals surface area (Å²) < 4.78 is 3.65. The van der Waals surface area contributed by atoms with Crippen molar-refractivity contribution in [3.8, 4) is 5.69 Å². The number of aromatic nitrogens is 4. The van der Waals surface area contributed by atoms with Gasteiger partial charge in [0.05, 0.1) is 23.5 Å². The van der Waals surface area contributed by atoms with Gasteiger partial charge in [-0.05, 0) is 50.8 Å². The van der Waals surface area contributed by atoms with Gasteiger partial charge in [-0.3, -0.25) is 4.79 Å². The van der Waals surface area contributed by atoms with E-state index < -0.39 is 0 Å². The van der Waals surface area contributed by atoms with Crippen LogP contribution in [0.4, 0.5) is 5.82 Å². The molecule has 25 heavy (non-hydrogen) atoms. The molecular weight excluding hydrogens is 314 g/mol. The number of benzene rings is 1. The van der Waals surface area contributed by atoms with Crippen LogP contribution in [0.1, 0.15) is 41.7 Å². The first-order valence-electron chi connectivity index (χ1n) is 8.59. The number of anilines is 1. The lowest BCUT2D eigenvalue weighted by molar-refractivity contribution is 0.102. The van der Waals surface area contributed by atoms with Gasteiger partial charge in [0.1, 0.15) is 5.82 Å². The molecule has 4 rings (SSSR count). The summed E-state index contributed by atoms with van der Waals surface area (Å²) in [7, 11) is 0. The fraction of sp³-hybridized carbons (Fsp3) is 0.316. The standard InChI is InChI=1S/C19H21N5O/c1-13-12-21-24(14(2)15-8-9-15)18(13)22-19(25)16-6-3-4-7-17(16)23-11-5-10-20-23/h3-7,10-12,14-15H,8-9H2,1-2H3,(H,22,25)/t14-/m1/s1. The van der Waals surface area contributed by atoms with Crippen LogP contribution in [-0.2, 0) is 0 Å². The van der Waals surface area contributed by atoms with Gasteiger partial charge in [-0.25, -0.2) is 9.36 Å². The summed E-state index contributed by atoms with van der Waals surface area (Å²) in [5.74, 6) is 1.28. The van der Waals surface area contributed by atoms with Crippen molar-refractivity contribution in [2.24, 2.45) is 5.92 Å². The van der Waals surface area contributed by atoms with E-state index in [1.54, 1.807) is 10.9 Å². The lowest BCUT2D eigenvalue weighted by atomic mass is 10.1. The summed E-state index contributed by atoms with van der Waals surface area (Å²) in [5, 5.41) is 11.8. The van der Waals surface area contributed by atoms with E-state index in [-0.39, 0.29) is 5.91 Å². The van der Waals surface area contributed by atoms with Crippen molar-refractivity contribution in [3.05, 3.63) is 60.0 Å². The van der Waals surface area contributed by atoms with Gasteiger partial charge in [0, 0.05) is 18.0 Å². The fourth-order valence-electron chi connectivity index (χ4n) is 3.14. The molecule has 1 aromatic carbocycles. The second-order valence-corrected chi connectivity index (χ2v) is 6.62. The van der Waals surface area contributed by atoms with Crippen molar-refractivity contribution >= 4 is 11.7 Å². The van der Waals surface area contributed by atoms with Crippen LogP contribution in [0.15, 0.2) is 48.9 Å². The fourth-order valence-corrected chi connectivity index (χ4v) is 3.14. The highest BCUT2D eigenvalue weighted by atomic mass is 16.1. The van der Waals surface area contributed by atoms with Crippen molar-refractivity contribution in [2.75, 3.05) is 5.32 Å². The third kappa shape index (κ3) is 2.95. The molecule has 0 aliphatic heterocycles. The summed E-state index contributed by atoms with van der Waals surface area (Å²) in [5.41, 5.74) is 2.30. The van der Waals surface area contributed by atoms with E-state index in [0.717, 1.165) is 17.1 Å². The Labute approximate surface area is 146 Å². The smallest absolute Gasteiger partial charge is 0.259 e. The SMILES string of the molecule is Cc1cnn([C@H](C)C2CC2)c1NC(=O)c1ccccc1-n1cccn1. The van der Waals surface area contributed by atoms with E-state index in [4.69, 9.17) is 0 Å². The molecule has 1 fully saturated rings. The average molecular weight is 335 g/mol. The number of nitrogens with zero attached hydrogens (tertiary/aromatic N) is 4. The van der Waals surface area contributed by atoms with Gasteiger partial charge in [0.25, 0.3) is 5.91 Å². The van der Waals surface area contributed by atoms with E-state index >= 15 is 0 Å². The molecule has 3 aromatic rings. The summed E-state index contributed by atoms with van der Waals surface area (Å²) in [6.07, 6.45) is 7.81. The van der Waals surface area contributed by atoms with Gasteiger partial charge >= 0.3 is 0 Å². The minimum Gasteiger partial charge on any atom is -0.306 e. The van der Waals surface area contributed by atoms with Crippen LogP contribution in [0.3, 0.4) is 0 Å². The van der Waals surface area contributed by atoms with Crippen molar-refractivity contribution in [3.63, 3.8) is 0 Å². The molecule has 2 aromatic heterocycles. The van der Waals surface area contributed by atoms with Gasteiger partial charge in [0.2, 0.25) is 0 Å². The number of nitrogens with one attached hydrogen (secondary N) is 1. The molecule has 128 valence electrons. The molecule has 0 bridgehead atoms. The molecule has 2 heterocycles. The van der Waals surface area contributed by atoms with E-state index in [1.807, 2.05) is 54.3 Å². The zero-order valence-electron chi connectivity index (χ0n) is 14.4. The highest BCUT2D eigenvalue weighted by molar-refractivity contribution is 6.06. The monoisotopic (exact) mass is 335 g/mol. The number of hydrogen-bond donors (Lipinski definition) is 1. The summed E-state index contributed by atoms with van der Waals surface area (Å²) >= 11 is 0. The Morgan fingerprint density at radius 1 is 1.24 bits per heavy atom. The molecular formula is C19H21N5O. The molecule has 1 aliphatic carbocycles. The Morgan fingerprint density at radius 2 is 2.04 bits per heavy atom. The summed E-state index contributed by atoms with van der Waals surface area (Å²) in [6.45, 7) is 4.13. The van der Waals surface area contributed by atoms with Crippen LogP contribution < -0.4 is 5.32 Å². The van der Waals surface area contributed by atoms with Crippen molar-refractivity contribution < 1.29 is 4.79 Å². The minimum absolute atomic E-state index is 0.154. The van der Waals surface area contributed by atoms with Gasteiger partial charge in [0.15, 0.2) is 0 Å². The van der Waals surface area contributed by atoms with E-state index in [2.05, 4.69) is 22.4 Å². The normalized spacial score (nSPS) is 15.1. The Kier molecular flexibility index (Phi) is 3.87. The summed E-state index contributed by atoms with van der Waals surface area (Å²) in [6, 6.07) is 9.60. The minimum atomic E-state index is -0.154. The maximum absolute atomic E-state index is 12.9. The van der Waals surface area contributed by atoms with Gasteiger partial charge in [-0.2, -0.15) is 10.2 Å². The highest BCUT2D eigenvalue weighted by Crippen LogP contribution is 2.40. The number of aryl methyl sites for hydroxylation is 1. The second kappa shape index (κ2) is 6.20. The molecule has 1 saturated carbocycles. The zero-order chi connectivity index (χ0) is 17.4. The average Bonchev–Trinajstić information content (AvgIpc) is 3.22. The van der Waals surface area contributed by atoms with E-state index in [0.29, 0.717) is 17.5 Å². The van der Waals surface area contributed by atoms with Gasteiger partial charge in [-0.1, -0.05) is 12.1 Å². The molecule has 0 saturated heterocycles. The third-order valence-electron chi connectivity index (χ3n) is 4.80. The van der Waals surface area contributed by atoms with Crippen LogP contribution >= 0.6 is 0 Å². The molecule has 1 aliphatic rings. The molecule has 0 unspecified atom stereocenters. The quantitative estimate of drug-likeness (QED) is 0.775. The molecule has 6 nitrogen and oxygen atoms in total. The number of carbonyl (C=O) groups is 1. The van der Waals surface area contributed by atoms with Crippen LogP contribution in [0, 0.1) is 12.8 Å². The van der Waals surface area contributed by atoms with Crippen molar-refractivity contribution in [1.29, 1.82) is 0 Å². The maximum atomic E-state index is 12.9. The third-order valence-corrected chi connectivity index (χ3v) is 4.80. The lowest BCUT2D eigenvalue weighted by Gasteiger charge is -2.17. The predicted octanol–water partition coefficient (Wildman–Crippen LogP) is 3.60. The maximum Gasteiger partial charge on any atom is 0.259 e. The van der Waals surface area contributed by atoms with E-state index in [9.17, 15) is 4.79 Å². The number of carbonyl (C=O) groups excluding carboxylic acids is 1. The van der Waals surface area contributed by atoms with Crippen LogP contribution in [0.5, 0.6) is 0 Å². The predicted molar refractivity (Wildman–Crippen MR) is 95.9 cm³/mol. The second-order valence-electron chi connectivity index (χ2n) is 6.62. The molecule has 1 atom stereocenters. The topological polar surface area (TPSA) is 64.7 Å². The largest absolute Gasteiger partial charge is 0.306 e. The Hall–Kier alpha value is -2.89. The number of para-hydroxylation sites is 1. The van der Waals surface area contributed by atoms with Crippen LogP contribution in [-0.4, -0.2) is 25.5 Å². The highest BCUT2D eigenvalue weighted by Gasteiger charge is 2.31. The molecule has 1 amide bonds. The molecule has 0 spiro atoms. The summed E-state index contributed by atoms with van der Waals surface area (Å²) in [4.78, 5) is 12.9. The van der Waals surface area contributed by atoms with Crippen molar-refractivity contribution in [1.82, 2.24) is 19.6 Å². The van der Waals surface area contributed by atoms with Crippen LogP contribution in [0.25, 0.3) is 5.69 Å². The Morgan fingerprint density at radius 3 is 2.76 bits per heavy atom. The van der Waals surface area contributed by atoms with E-state index in [1.165, 1.54) is 12.8 Å². The Balaban J connectivity index is 1.65.